The molecule has 16 heavy (non-hydrogen) atoms. The van der Waals surface area contributed by atoms with Crippen molar-refractivity contribution in [3.63, 3.8) is 0 Å². The van der Waals surface area contributed by atoms with Gasteiger partial charge >= 0.3 is 17.2 Å². The third-order valence-corrected chi connectivity index (χ3v) is 2.28. The molecule has 0 spiro atoms. The maximum Gasteiger partial charge on any atom is 0.327 e. The Kier molecular flexibility index (Phi) is 21.2. The van der Waals surface area contributed by atoms with Crippen LogP contribution in [0.2, 0.25) is 0 Å². The Balaban J connectivity index is -0.000000845. The first-order chi connectivity index (χ1) is 6.63. The molecule has 0 saturated heterocycles. The van der Waals surface area contributed by atoms with E-state index >= 15 is 0 Å². The van der Waals surface area contributed by atoms with Crippen LogP contribution in [-0.2, 0) is 9.05 Å². The van der Waals surface area contributed by atoms with Gasteiger partial charge in [0, 0.05) is 0 Å². The summed E-state index contributed by atoms with van der Waals surface area (Å²) in [6.45, 7) is 0.679. The number of rotatable bonds is 9. The minimum Gasteiger partial charge on any atom is -0.344 e. The van der Waals surface area contributed by atoms with Crippen LogP contribution in [0, 0.1) is 0 Å². The van der Waals surface area contributed by atoms with Gasteiger partial charge in [0.25, 0.3) is 0 Å². The maximum atomic E-state index is 8.38. The molecule has 0 unspecified atom stereocenters. The molecule has 0 aliphatic carbocycles. The highest BCUT2D eigenvalue weighted by Gasteiger charge is 1.99. The summed E-state index contributed by atoms with van der Waals surface area (Å²) in [5.74, 6) is 0. The molecule has 0 aromatic carbocycles. The Bertz CT molecular complexity index is 118. The van der Waals surface area contributed by atoms with Crippen LogP contribution in [0.3, 0.4) is 0 Å². The summed E-state index contributed by atoms with van der Waals surface area (Å²) in [5.41, 5.74) is 0. The molecule has 8 nitrogen and oxygen atoms in total. The van der Waals surface area contributed by atoms with E-state index in [0.717, 1.165) is 25.7 Å². The Hall–Kier alpha value is 0.540. The van der Waals surface area contributed by atoms with Crippen LogP contribution in [0.4, 0.5) is 0 Å². The van der Waals surface area contributed by atoms with Crippen LogP contribution in [0.25, 0.3) is 0 Å². The van der Waals surface area contributed by atoms with Crippen molar-refractivity contribution in [1.82, 2.24) is 12.3 Å². The zero-order valence-electron chi connectivity index (χ0n) is 9.16. The van der Waals surface area contributed by atoms with Crippen LogP contribution in [0.5, 0.6) is 0 Å². The second-order valence-electron chi connectivity index (χ2n) is 2.59. The van der Waals surface area contributed by atoms with Crippen LogP contribution in [0.15, 0.2) is 0 Å². The summed E-state index contributed by atoms with van der Waals surface area (Å²) in [6, 6.07) is 0. The van der Waals surface area contributed by atoms with Crippen LogP contribution in [-0.4, -0.2) is 32.8 Å². The van der Waals surface area contributed by atoms with Crippen LogP contribution in [0.1, 0.15) is 25.7 Å². The van der Waals surface area contributed by atoms with E-state index in [-0.39, 0.29) is 12.3 Å². The second-order valence-corrected chi connectivity index (χ2v) is 4.11. The summed E-state index contributed by atoms with van der Waals surface area (Å²) in [7, 11) is -4.45. The van der Waals surface area contributed by atoms with Gasteiger partial charge in [0.2, 0.25) is 0 Å². The lowest BCUT2D eigenvalue weighted by Gasteiger charge is -2.04. The molecule has 0 rings (SSSR count). The maximum absolute atomic E-state index is 8.38. The Morgan fingerprint density at radius 3 is 1.19 bits per heavy atom. The summed E-state index contributed by atoms with van der Waals surface area (Å²) in [4.78, 5) is 33.5. The smallest absolute Gasteiger partial charge is 0.327 e. The average molecular weight is 280 g/mol. The van der Waals surface area contributed by atoms with E-state index in [1.54, 1.807) is 0 Å². The van der Waals surface area contributed by atoms with E-state index in [4.69, 9.17) is 19.6 Å². The lowest BCUT2D eigenvalue weighted by molar-refractivity contribution is 0.237. The van der Waals surface area contributed by atoms with Gasteiger partial charge in [0.05, 0.1) is 13.2 Å². The lowest BCUT2D eigenvalue weighted by Crippen LogP contribution is -1.92. The molecule has 10 N–H and O–H groups in total. The van der Waals surface area contributed by atoms with E-state index in [2.05, 4.69) is 9.05 Å². The average Bonchev–Trinajstić information content (AvgIpc) is 2.08. The van der Waals surface area contributed by atoms with Gasteiger partial charge < -0.3 is 40.9 Å². The summed E-state index contributed by atoms with van der Waals surface area (Å²) in [6.07, 6.45) is 3.29. The fourth-order valence-corrected chi connectivity index (χ4v) is 1.43. The molecule has 0 saturated carbocycles. The minimum absolute atomic E-state index is 0. The van der Waals surface area contributed by atoms with Crippen molar-refractivity contribution in [3.8, 4) is 0 Å². The van der Waals surface area contributed by atoms with Crippen molar-refractivity contribution >= 4 is 17.2 Å². The standard InChI is InChI=1S/C6H16O6P2.2H3N/c7-13(8)11-5-3-1-2-4-6-12-14(9)10;;/h7-10H,1-6H2;2*1H3. The highest BCUT2D eigenvalue weighted by atomic mass is 31.2. The first-order valence-corrected chi connectivity index (χ1v) is 6.57. The van der Waals surface area contributed by atoms with Crippen molar-refractivity contribution in [1.29, 1.82) is 0 Å². The molecule has 0 aliphatic rings. The predicted molar refractivity (Wildman–Crippen MR) is 63.1 cm³/mol. The van der Waals surface area contributed by atoms with Crippen molar-refractivity contribution in [2.75, 3.05) is 13.2 Å². The quantitative estimate of drug-likeness (QED) is 0.271. The van der Waals surface area contributed by atoms with Crippen molar-refractivity contribution < 1.29 is 28.6 Å². The van der Waals surface area contributed by atoms with Gasteiger partial charge in [-0.1, -0.05) is 12.8 Å². The monoisotopic (exact) mass is 280 g/mol. The van der Waals surface area contributed by atoms with E-state index < -0.39 is 17.2 Å². The number of unbranched alkanes of at least 4 members (excludes halogenated alkanes) is 3. The van der Waals surface area contributed by atoms with Crippen LogP contribution >= 0.6 is 17.2 Å². The van der Waals surface area contributed by atoms with Gasteiger partial charge in [0.1, 0.15) is 0 Å². The van der Waals surface area contributed by atoms with Crippen LogP contribution < -0.4 is 12.3 Å². The van der Waals surface area contributed by atoms with E-state index in [1.807, 2.05) is 0 Å². The SMILES string of the molecule is N.N.OP(O)OCCCCCCOP(O)O. The molecular formula is C6H22N2O6P2. The van der Waals surface area contributed by atoms with Gasteiger partial charge in [-0.2, -0.15) is 0 Å². The molecule has 0 atom stereocenters. The molecule has 0 radical (unpaired) electrons. The third-order valence-electron chi connectivity index (χ3n) is 1.45. The van der Waals surface area contributed by atoms with Gasteiger partial charge in [-0.3, -0.25) is 0 Å². The zero-order valence-corrected chi connectivity index (χ0v) is 10.9. The molecule has 0 aliphatic heterocycles. The summed E-state index contributed by atoms with van der Waals surface area (Å²) < 4.78 is 9.11. The molecule has 102 valence electrons. The highest BCUT2D eigenvalue weighted by Crippen LogP contribution is 2.25. The second kappa shape index (κ2) is 15.5. The van der Waals surface area contributed by atoms with Gasteiger partial charge in [-0.15, -0.1) is 0 Å². The Labute approximate surface area is 97.8 Å². The first kappa shape index (κ1) is 21.8. The number of hydrogen-bond acceptors (Lipinski definition) is 8. The fourth-order valence-electron chi connectivity index (χ4n) is 0.850. The molecule has 10 heteroatoms. The molecule has 0 bridgehead atoms. The Morgan fingerprint density at radius 2 is 0.938 bits per heavy atom. The minimum atomic E-state index is -2.22. The topological polar surface area (TPSA) is 169 Å². The third kappa shape index (κ3) is 20.0. The molecule has 0 aromatic heterocycles. The van der Waals surface area contributed by atoms with E-state index in [9.17, 15) is 0 Å². The van der Waals surface area contributed by atoms with Crippen molar-refractivity contribution in [3.05, 3.63) is 0 Å². The van der Waals surface area contributed by atoms with Crippen molar-refractivity contribution in [2.24, 2.45) is 0 Å². The highest BCUT2D eigenvalue weighted by molar-refractivity contribution is 7.39. The van der Waals surface area contributed by atoms with Gasteiger partial charge in [-0.25, -0.2) is 0 Å². The fraction of sp³-hybridized carbons (Fsp3) is 1.00. The van der Waals surface area contributed by atoms with Crippen molar-refractivity contribution in [2.45, 2.75) is 25.7 Å². The molecule has 0 fully saturated rings. The molecule has 0 heterocycles. The Morgan fingerprint density at radius 1 is 0.625 bits per heavy atom. The van der Waals surface area contributed by atoms with Gasteiger partial charge in [0.15, 0.2) is 0 Å². The molecule has 0 amide bonds. The summed E-state index contributed by atoms with van der Waals surface area (Å²) in [5, 5.41) is 0. The predicted octanol–water partition coefficient (Wildman–Crippen LogP) is 1.33. The molecular weight excluding hydrogens is 258 g/mol. The largest absolute Gasteiger partial charge is 0.344 e. The zero-order chi connectivity index (χ0) is 10.8. The van der Waals surface area contributed by atoms with Gasteiger partial charge in [-0.05, 0) is 12.8 Å². The van der Waals surface area contributed by atoms with E-state index in [1.165, 1.54) is 0 Å². The lowest BCUT2D eigenvalue weighted by atomic mass is 10.2. The first-order valence-electron chi connectivity index (χ1n) is 4.24. The normalized spacial score (nSPS) is 10.1. The summed E-state index contributed by atoms with van der Waals surface area (Å²) >= 11 is 0. The number of hydrogen-bond donors (Lipinski definition) is 6. The van der Waals surface area contributed by atoms with E-state index in [0.29, 0.717) is 13.2 Å². The molecule has 0 aromatic rings.